The minimum Gasteiger partial charge on any atom is -0.391 e. The molecular weight excluding hydrogens is 166 g/mol. The molecule has 0 bridgehead atoms. The first-order valence-corrected chi connectivity index (χ1v) is 5.13. The van der Waals surface area contributed by atoms with Crippen LogP contribution in [0.5, 0.6) is 0 Å². The van der Waals surface area contributed by atoms with Crippen molar-refractivity contribution in [2.75, 3.05) is 27.3 Å². The lowest BCUT2D eigenvalue weighted by atomic mass is 10.2. The summed E-state index contributed by atoms with van der Waals surface area (Å²) >= 11 is 0. The largest absolute Gasteiger partial charge is 0.391 e. The smallest absolute Gasteiger partial charge is 0.0695 e. The summed E-state index contributed by atoms with van der Waals surface area (Å²) in [5.41, 5.74) is 0. The summed E-state index contributed by atoms with van der Waals surface area (Å²) in [5, 5.41) is 9.64. The number of methoxy groups -OCH3 is 1. The number of aliphatic hydroxyl groups is 1. The van der Waals surface area contributed by atoms with Crippen molar-refractivity contribution in [1.29, 1.82) is 0 Å². The number of hydrogen-bond acceptors (Lipinski definition) is 3. The fourth-order valence-corrected chi connectivity index (χ4v) is 2.06. The van der Waals surface area contributed by atoms with Crippen molar-refractivity contribution < 1.29 is 9.84 Å². The maximum absolute atomic E-state index is 9.64. The first-order chi connectivity index (χ1) is 6.25. The molecular formula is C10H21NO2. The van der Waals surface area contributed by atoms with Crippen LogP contribution in [0.4, 0.5) is 0 Å². The van der Waals surface area contributed by atoms with E-state index in [2.05, 4.69) is 11.9 Å². The topological polar surface area (TPSA) is 32.7 Å². The quantitative estimate of drug-likeness (QED) is 0.648. The first kappa shape index (κ1) is 11.0. The summed E-state index contributed by atoms with van der Waals surface area (Å²) in [6, 6.07) is 0.386. The predicted octanol–water partition coefficient (Wildman–Crippen LogP) is 0.868. The van der Waals surface area contributed by atoms with E-state index in [0.717, 1.165) is 32.4 Å². The molecule has 1 aliphatic carbocycles. The highest BCUT2D eigenvalue weighted by Crippen LogP contribution is 2.23. The Bertz CT molecular complexity index is 141. The van der Waals surface area contributed by atoms with Crippen molar-refractivity contribution in [1.82, 2.24) is 4.90 Å². The number of likely N-dealkylation sites (N-methyl/N-ethyl adjacent to an activating group) is 1. The van der Waals surface area contributed by atoms with Crippen LogP contribution in [-0.4, -0.2) is 49.5 Å². The van der Waals surface area contributed by atoms with E-state index in [-0.39, 0.29) is 6.10 Å². The monoisotopic (exact) mass is 187 g/mol. The molecule has 0 aromatic carbocycles. The van der Waals surface area contributed by atoms with Crippen molar-refractivity contribution in [2.24, 2.45) is 0 Å². The molecule has 1 saturated carbocycles. The Hall–Kier alpha value is -0.120. The molecule has 2 atom stereocenters. The Balaban J connectivity index is 2.18. The molecule has 13 heavy (non-hydrogen) atoms. The zero-order valence-corrected chi connectivity index (χ0v) is 8.70. The molecule has 78 valence electrons. The van der Waals surface area contributed by atoms with Crippen LogP contribution in [0.1, 0.15) is 25.7 Å². The number of rotatable bonds is 5. The summed E-state index contributed by atoms with van der Waals surface area (Å²) in [6.45, 7) is 1.84. The maximum Gasteiger partial charge on any atom is 0.0695 e. The molecule has 0 aromatic rings. The van der Waals surface area contributed by atoms with Gasteiger partial charge in [-0.25, -0.2) is 0 Å². The summed E-state index contributed by atoms with van der Waals surface area (Å²) in [6.07, 6.45) is 4.23. The summed E-state index contributed by atoms with van der Waals surface area (Å²) in [5.74, 6) is 0. The molecule has 0 heterocycles. The molecule has 3 heteroatoms. The lowest BCUT2D eigenvalue weighted by Crippen LogP contribution is -2.38. The fraction of sp³-hybridized carbons (Fsp3) is 1.00. The average molecular weight is 187 g/mol. The van der Waals surface area contributed by atoms with Crippen molar-refractivity contribution in [3.8, 4) is 0 Å². The molecule has 0 radical (unpaired) electrons. The Labute approximate surface area is 80.7 Å². The van der Waals surface area contributed by atoms with Crippen molar-refractivity contribution in [3.63, 3.8) is 0 Å². The van der Waals surface area contributed by atoms with Crippen LogP contribution < -0.4 is 0 Å². The van der Waals surface area contributed by atoms with Gasteiger partial charge in [0.05, 0.1) is 6.10 Å². The van der Waals surface area contributed by atoms with Crippen LogP contribution in [0.3, 0.4) is 0 Å². The van der Waals surface area contributed by atoms with Crippen LogP contribution in [0.25, 0.3) is 0 Å². The van der Waals surface area contributed by atoms with Crippen LogP contribution in [0.2, 0.25) is 0 Å². The molecule has 1 fully saturated rings. The average Bonchev–Trinajstić information content (AvgIpc) is 2.52. The number of hydrogen-bond donors (Lipinski definition) is 1. The summed E-state index contributed by atoms with van der Waals surface area (Å²) in [7, 11) is 3.82. The van der Waals surface area contributed by atoms with Crippen molar-refractivity contribution in [3.05, 3.63) is 0 Å². The van der Waals surface area contributed by atoms with Crippen LogP contribution >= 0.6 is 0 Å². The van der Waals surface area contributed by atoms with E-state index in [4.69, 9.17) is 4.74 Å². The molecule has 3 nitrogen and oxygen atoms in total. The zero-order valence-electron chi connectivity index (χ0n) is 8.70. The highest BCUT2D eigenvalue weighted by Gasteiger charge is 2.27. The first-order valence-electron chi connectivity index (χ1n) is 5.13. The van der Waals surface area contributed by atoms with E-state index in [0.29, 0.717) is 6.04 Å². The molecule has 0 aromatic heterocycles. The minimum absolute atomic E-state index is 0.104. The van der Waals surface area contributed by atoms with Crippen LogP contribution in [-0.2, 0) is 4.74 Å². The highest BCUT2D eigenvalue weighted by atomic mass is 16.5. The van der Waals surface area contributed by atoms with Gasteiger partial charge in [0.1, 0.15) is 0 Å². The van der Waals surface area contributed by atoms with Gasteiger partial charge in [-0.15, -0.1) is 0 Å². The van der Waals surface area contributed by atoms with E-state index in [1.807, 2.05) is 0 Å². The maximum atomic E-state index is 9.64. The second-order valence-corrected chi connectivity index (χ2v) is 3.89. The molecule has 0 aliphatic heterocycles. The van der Waals surface area contributed by atoms with Gasteiger partial charge >= 0.3 is 0 Å². The van der Waals surface area contributed by atoms with Gasteiger partial charge in [0.25, 0.3) is 0 Å². The van der Waals surface area contributed by atoms with E-state index >= 15 is 0 Å². The molecule has 0 saturated heterocycles. The fourth-order valence-electron chi connectivity index (χ4n) is 2.06. The highest BCUT2D eigenvalue weighted by molar-refractivity contribution is 4.83. The number of aliphatic hydroxyl groups excluding tert-OH is 1. The normalized spacial score (nSPS) is 28.6. The molecule has 0 spiro atoms. The minimum atomic E-state index is -0.104. The van der Waals surface area contributed by atoms with Crippen LogP contribution in [0, 0.1) is 0 Å². The molecule has 1 rings (SSSR count). The van der Waals surface area contributed by atoms with Gasteiger partial charge < -0.3 is 14.7 Å². The number of nitrogens with zero attached hydrogens (tertiary/aromatic N) is 1. The van der Waals surface area contributed by atoms with E-state index in [1.165, 1.54) is 6.42 Å². The van der Waals surface area contributed by atoms with Crippen molar-refractivity contribution >= 4 is 0 Å². The van der Waals surface area contributed by atoms with E-state index < -0.39 is 0 Å². The van der Waals surface area contributed by atoms with Crippen molar-refractivity contribution in [2.45, 2.75) is 37.8 Å². The summed E-state index contributed by atoms with van der Waals surface area (Å²) in [4.78, 5) is 2.26. The third-order valence-corrected chi connectivity index (χ3v) is 2.87. The Morgan fingerprint density at radius 2 is 2.23 bits per heavy atom. The zero-order chi connectivity index (χ0) is 9.68. The van der Waals surface area contributed by atoms with Gasteiger partial charge in [0.2, 0.25) is 0 Å². The Kier molecular flexibility index (Phi) is 4.70. The molecule has 1 aliphatic rings. The van der Waals surface area contributed by atoms with Gasteiger partial charge in [-0.2, -0.15) is 0 Å². The van der Waals surface area contributed by atoms with Crippen LogP contribution in [0.15, 0.2) is 0 Å². The number of ether oxygens (including phenoxy) is 1. The van der Waals surface area contributed by atoms with Gasteiger partial charge in [-0.1, -0.05) is 0 Å². The van der Waals surface area contributed by atoms with E-state index in [9.17, 15) is 5.11 Å². The third-order valence-electron chi connectivity index (χ3n) is 2.87. The van der Waals surface area contributed by atoms with Gasteiger partial charge in [-0.3, -0.25) is 0 Å². The lowest BCUT2D eigenvalue weighted by molar-refractivity contribution is 0.0796. The predicted molar refractivity (Wildman–Crippen MR) is 52.8 cm³/mol. The van der Waals surface area contributed by atoms with Gasteiger partial charge in [0, 0.05) is 26.3 Å². The molecule has 0 amide bonds. The Morgan fingerprint density at radius 1 is 1.46 bits per heavy atom. The Morgan fingerprint density at radius 3 is 2.77 bits per heavy atom. The lowest BCUT2D eigenvalue weighted by Gasteiger charge is -2.26. The molecule has 1 N–H and O–H groups in total. The van der Waals surface area contributed by atoms with Gasteiger partial charge in [0.15, 0.2) is 0 Å². The van der Waals surface area contributed by atoms with E-state index in [1.54, 1.807) is 7.11 Å². The molecule has 0 unspecified atom stereocenters. The SMILES string of the molecule is COCCCN(C)[C@@H]1CCC[C@H]1O. The third kappa shape index (κ3) is 3.25. The standard InChI is InChI=1S/C10H21NO2/c1-11(7-4-8-13-2)9-5-3-6-10(9)12/h9-10,12H,3-8H2,1-2H3/t9-,10-/m1/s1. The van der Waals surface area contributed by atoms with Gasteiger partial charge in [-0.05, 0) is 32.7 Å². The second kappa shape index (κ2) is 5.58. The second-order valence-electron chi connectivity index (χ2n) is 3.89. The summed E-state index contributed by atoms with van der Waals surface area (Å²) < 4.78 is 4.99.